The third-order valence-electron chi connectivity index (χ3n) is 10.1. The van der Waals surface area contributed by atoms with E-state index in [2.05, 4.69) is 94.8 Å². The van der Waals surface area contributed by atoms with E-state index < -0.39 is 57.4 Å². The maximum absolute atomic E-state index is 14.1. The number of hydrogen-bond donors (Lipinski definition) is 1. The van der Waals surface area contributed by atoms with Crippen LogP contribution in [0.5, 0.6) is 0 Å². The predicted molar refractivity (Wildman–Crippen MR) is 170 cm³/mol. The first-order valence-electron chi connectivity index (χ1n) is 16.6. The highest BCUT2D eigenvalue weighted by atomic mass is 127. The lowest BCUT2D eigenvalue weighted by Gasteiger charge is -2.60. The Kier molecular flexibility index (Phi) is 11.5. The normalized spacial score (nSPS) is 25.8. The number of hydrogen-bond acceptors (Lipinski definition) is 5. The molecular weight excluding hydrogens is 823 g/mol. The Morgan fingerprint density at radius 1 is 0.745 bits per heavy atom. The SMILES string of the molecule is CC(C)(C)c1ccc([I+]c2ccc(C(C)(C)C)cc2)cc1.O=S(=O)([O-])C(F)(F)C(F)(F)OC(F)(F)C(F)(F)CCC12CC3CC(CC(O)(C3)C1)C2. The fourth-order valence-electron chi connectivity index (χ4n) is 7.85. The molecule has 4 aliphatic rings. The van der Waals surface area contributed by atoms with Gasteiger partial charge < -0.3 is 9.66 Å². The van der Waals surface area contributed by atoms with Crippen molar-refractivity contribution < 1.29 is 79.1 Å². The molecule has 1 N–H and O–H groups in total. The van der Waals surface area contributed by atoms with Gasteiger partial charge in [-0.25, -0.2) is 13.2 Å². The molecule has 4 aliphatic carbocycles. The van der Waals surface area contributed by atoms with Gasteiger partial charge in [-0.05, 0) is 108 Å². The van der Waals surface area contributed by atoms with E-state index in [0.29, 0.717) is 25.7 Å². The minimum absolute atomic E-state index is 0.0203. The minimum atomic E-state index is -7.19. The van der Waals surface area contributed by atoms with Gasteiger partial charge in [0.1, 0.15) is 0 Å². The highest BCUT2D eigenvalue weighted by Gasteiger charge is 2.72. The number of rotatable bonds is 10. The Labute approximate surface area is 304 Å². The molecule has 4 saturated carbocycles. The molecule has 5 nitrogen and oxygen atoms in total. The van der Waals surface area contributed by atoms with Crippen molar-refractivity contribution in [3.05, 3.63) is 66.8 Å². The van der Waals surface area contributed by atoms with E-state index in [1.54, 1.807) is 0 Å². The molecule has 0 saturated heterocycles. The van der Waals surface area contributed by atoms with Crippen molar-refractivity contribution in [2.75, 3.05) is 0 Å². The van der Waals surface area contributed by atoms with Gasteiger partial charge in [-0.1, -0.05) is 65.8 Å². The van der Waals surface area contributed by atoms with Crippen molar-refractivity contribution in [1.82, 2.24) is 0 Å². The number of benzene rings is 2. The summed E-state index contributed by atoms with van der Waals surface area (Å²) in [4.78, 5) is 0. The molecule has 6 rings (SSSR count). The summed E-state index contributed by atoms with van der Waals surface area (Å²) in [7, 11) is -7.19. The van der Waals surface area contributed by atoms with Crippen LogP contribution >= 0.6 is 0 Å². The van der Waals surface area contributed by atoms with Crippen LogP contribution in [0.2, 0.25) is 0 Å². The molecule has 288 valence electrons. The topological polar surface area (TPSA) is 86.7 Å². The molecule has 0 aromatic heterocycles. The molecule has 0 heterocycles. The second-order valence-corrected chi connectivity index (χ2v) is 21.1. The van der Waals surface area contributed by atoms with E-state index in [4.69, 9.17) is 0 Å². The van der Waals surface area contributed by atoms with Gasteiger partial charge in [0.25, 0.3) is 0 Å². The van der Waals surface area contributed by atoms with Crippen molar-refractivity contribution in [3.63, 3.8) is 0 Å². The van der Waals surface area contributed by atoms with E-state index in [1.165, 1.54) is 18.3 Å². The van der Waals surface area contributed by atoms with E-state index >= 15 is 0 Å². The van der Waals surface area contributed by atoms with Crippen LogP contribution in [0.4, 0.5) is 35.1 Å². The zero-order valence-electron chi connectivity index (χ0n) is 29.3. The summed E-state index contributed by atoms with van der Waals surface area (Å²) in [6, 6.07) is 18.4. The first-order chi connectivity index (χ1) is 22.9. The molecule has 2 aromatic rings. The van der Waals surface area contributed by atoms with Crippen LogP contribution in [0.15, 0.2) is 48.5 Å². The monoisotopic (exact) mass is 868 g/mol. The average Bonchev–Trinajstić information content (AvgIpc) is 2.94. The van der Waals surface area contributed by atoms with Gasteiger partial charge in [0.15, 0.2) is 17.3 Å². The summed E-state index contributed by atoms with van der Waals surface area (Å²) in [5.41, 5.74) is 1.30. The summed E-state index contributed by atoms with van der Waals surface area (Å²) in [6.45, 7) is 13.6. The van der Waals surface area contributed by atoms with E-state index in [9.17, 15) is 53.2 Å². The molecular formula is C36H45F8IO5S. The molecule has 51 heavy (non-hydrogen) atoms. The van der Waals surface area contributed by atoms with Gasteiger partial charge in [0.2, 0.25) is 0 Å². The second kappa shape index (κ2) is 13.9. The molecule has 4 fully saturated rings. The number of halogens is 9. The Morgan fingerprint density at radius 3 is 1.51 bits per heavy atom. The van der Waals surface area contributed by atoms with Crippen molar-refractivity contribution in [2.45, 2.75) is 133 Å². The van der Waals surface area contributed by atoms with E-state index in [1.807, 2.05) is 0 Å². The van der Waals surface area contributed by atoms with E-state index in [0.717, 1.165) is 6.42 Å². The molecule has 0 radical (unpaired) electrons. The summed E-state index contributed by atoms with van der Waals surface area (Å²) >= 11 is -0.0703. The fourth-order valence-corrected chi connectivity index (χ4v) is 10.3. The molecule has 15 heteroatoms. The van der Waals surface area contributed by atoms with Gasteiger partial charge in [-0.2, -0.15) is 35.1 Å². The highest BCUT2D eigenvalue weighted by Crippen LogP contribution is 2.64. The van der Waals surface area contributed by atoms with Crippen LogP contribution in [0.3, 0.4) is 0 Å². The van der Waals surface area contributed by atoms with Gasteiger partial charge in [0, 0.05) is 6.42 Å². The van der Waals surface area contributed by atoms with Crippen LogP contribution in [-0.4, -0.2) is 47.1 Å². The van der Waals surface area contributed by atoms with Crippen LogP contribution < -0.4 is 21.2 Å². The zero-order chi connectivity index (χ0) is 38.7. The first-order valence-corrected chi connectivity index (χ1v) is 20.2. The average molecular weight is 869 g/mol. The molecule has 0 amide bonds. The molecule has 0 spiro atoms. The van der Waals surface area contributed by atoms with Crippen molar-refractivity contribution in [3.8, 4) is 0 Å². The smallest absolute Gasteiger partial charge is 0.438 e. The molecule has 2 atom stereocenters. The standard InChI is InChI=1S/C20H26I.C16H20F8O5S/c1-19(2,3)15-7-11-17(12-8-15)21-18-13-9-16(10-14-18)20(4,5)6;17-13(18,14(19,20)29-15(21,22)16(23,24)30(26,27)28)2-1-11-4-9-3-10(5-11)7-12(25,6-9)8-11/h7-14H,1-6H3;9-10,25H,1-8H2,(H,26,27,28)/q+1;/p-1. The maximum atomic E-state index is 14.1. The zero-order valence-corrected chi connectivity index (χ0v) is 32.3. The van der Waals surface area contributed by atoms with E-state index in [-0.39, 0.29) is 50.3 Å². The number of alkyl halides is 8. The van der Waals surface area contributed by atoms with Gasteiger partial charge in [-0.15, -0.1) is 0 Å². The molecule has 4 bridgehead atoms. The first kappa shape index (κ1) is 42.2. The Balaban J connectivity index is 0.000000244. The molecule has 2 aromatic carbocycles. The number of aliphatic hydroxyl groups is 1. The third kappa shape index (κ3) is 9.58. The highest BCUT2D eigenvalue weighted by molar-refractivity contribution is 7.86. The second-order valence-electron chi connectivity index (χ2n) is 16.6. The Hall–Kier alpha value is -1.56. The predicted octanol–water partition coefficient (Wildman–Crippen LogP) is 6.48. The maximum Gasteiger partial charge on any atom is 0.438 e. The lowest BCUT2D eigenvalue weighted by atomic mass is 9.47. The Morgan fingerprint density at radius 2 is 1.16 bits per heavy atom. The van der Waals surface area contributed by atoms with Crippen LogP contribution in [-0.2, 0) is 25.7 Å². The van der Waals surface area contributed by atoms with Gasteiger partial charge in [0.05, 0.1) is 5.60 Å². The van der Waals surface area contributed by atoms with Crippen LogP contribution in [0, 0.1) is 24.4 Å². The summed E-state index contributed by atoms with van der Waals surface area (Å²) < 4.78 is 144. The van der Waals surface area contributed by atoms with Crippen molar-refractivity contribution in [2.24, 2.45) is 17.3 Å². The quantitative estimate of drug-likeness (QED) is 0.168. The largest absolute Gasteiger partial charge is 0.743 e. The Bertz CT molecular complexity index is 1570. The summed E-state index contributed by atoms with van der Waals surface area (Å²) in [5.74, 6) is -5.33. The molecule has 2 unspecified atom stereocenters. The number of ether oxygens (including phenoxy) is 1. The van der Waals surface area contributed by atoms with Crippen molar-refractivity contribution >= 4 is 10.1 Å². The molecule has 0 aliphatic heterocycles. The lowest BCUT2D eigenvalue weighted by Crippen LogP contribution is -3.61. The minimum Gasteiger partial charge on any atom is -0.743 e. The van der Waals surface area contributed by atoms with Crippen LogP contribution in [0.1, 0.15) is 104 Å². The third-order valence-corrected chi connectivity index (χ3v) is 13.6. The fraction of sp³-hybridized carbons (Fsp3) is 0.667. The summed E-state index contributed by atoms with van der Waals surface area (Å²) in [5, 5.41) is 3.85. The van der Waals surface area contributed by atoms with Gasteiger partial charge in [-0.3, -0.25) is 0 Å². The van der Waals surface area contributed by atoms with Crippen LogP contribution in [0.25, 0.3) is 0 Å². The summed E-state index contributed by atoms with van der Waals surface area (Å²) in [6.07, 6.45) is -12.7. The van der Waals surface area contributed by atoms with Gasteiger partial charge >= 0.3 is 44.6 Å². The van der Waals surface area contributed by atoms with Crippen molar-refractivity contribution in [1.29, 1.82) is 0 Å². The lowest BCUT2D eigenvalue weighted by molar-refractivity contribution is -0.597.